The molecular weight excluding hydrogens is 762 g/mol. The van der Waals surface area contributed by atoms with Gasteiger partial charge in [0, 0.05) is 10.1 Å². The summed E-state index contributed by atoms with van der Waals surface area (Å²) in [5.74, 6) is -2.08. The zero-order chi connectivity index (χ0) is 23.0. The van der Waals surface area contributed by atoms with Crippen molar-refractivity contribution >= 4 is 103 Å². The van der Waals surface area contributed by atoms with Crippen LogP contribution in [0.2, 0.25) is 0 Å². The van der Waals surface area contributed by atoms with Crippen molar-refractivity contribution in [1.29, 1.82) is 0 Å². The number of aliphatic hydroxyl groups is 3. The predicted molar refractivity (Wildman–Crippen MR) is 136 cm³/mol. The minimum atomic E-state index is -1.15. The Hall–Kier alpha value is -0.0500. The number of benzene rings is 1. The van der Waals surface area contributed by atoms with Crippen molar-refractivity contribution in [2.45, 2.75) is 12.2 Å². The van der Waals surface area contributed by atoms with E-state index in [1.54, 1.807) is 0 Å². The summed E-state index contributed by atoms with van der Waals surface area (Å²) in [6.07, 6.45) is -2.20. The van der Waals surface area contributed by atoms with Crippen LogP contribution in [0.25, 0.3) is 0 Å². The normalized spacial score (nSPS) is 12.8. The highest BCUT2D eigenvalue weighted by molar-refractivity contribution is 14.1. The van der Waals surface area contributed by atoms with E-state index in [9.17, 15) is 24.6 Å². The lowest BCUT2D eigenvalue weighted by Gasteiger charge is -2.20. The first kappa shape index (κ1) is 28.0. The molecule has 0 saturated heterocycles. The van der Waals surface area contributed by atoms with Crippen LogP contribution >= 0.6 is 79.4 Å². The Morgan fingerprint density at radius 1 is 0.933 bits per heavy atom. The Morgan fingerprint density at radius 2 is 1.40 bits per heavy atom. The molecule has 1 rings (SSSR count). The number of alkyl halides is 1. The molecule has 14 heteroatoms. The molecule has 30 heavy (non-hydrogen) atoms. The molecule has 0 saturated carbocycles. The number of halogens is 4. The summed E-state index contributed by atoms with van der Waals surface area (Å²) in [5.41, 5.74) is 0.422. The van der Waals surface area contributed by atoms with E-state index in [1.165, 1.54) is 0 Å². The van der Waals surface area contributed by atoms with Crippen molar-refractivity contribution in [2.24, 2.45) is 0 Å². The summed E-state index contributed by atoms with van der Waals surface area (Å²) in [6, 6.07) is 0. The Balaban J connectivity index is 3.48. The second-order valence-corrected chi connectivity index (χ2v) is 9.37. The number of carbonyl (C=O) groups is 3. The predicted octanol–water partition coefficient (Wildman–Crippen LogP) is -0.424. The largest absolute Gasteiger partial charge is 0.443 e. The fourth-order valence-corrected chi connectivity index (χ4v) is 6.56. The van der Waals surface area contributed by atoms with Gasteiger partial charge in [-0.2, -0.15) is 0 Å². The van der Waals surface area contributed by atoms with Crippen molar-refractivity contribution in [3.05, 3.63) is 21.8 Å². The lowest BCUT2D eigenvalue weighted by molar-refractivity contribution is -0.113. The molecule has 0 bridgehead atoms. The molecule has 8 N–H and O–H groups in total. The number of nitrogens with one attached hydrogen (secondary N) is 3. The third-order valence-electron chi connectivity index (χ3n) is 3.60. The van der Waals surface area contributed by atoms with E-state index in [4.69, 9.17) is 21.8 Å². The summed E-state index contributed by atoms with van der Waals surface area (Å²) in [5, 5.41) is 42.6. The first-order chi connectivity index (χ1) is 14.1. The molecule has 10 nitrogen and oxygen atoms in total. The van der Waals surface area contributed by atoms with Crippen molar-refractivity contribution in [3.63, 3.8) is 0 Å². The molecule has 0 fully saturated rings. The molecule has 0 heterocycles. The van der Waals surface area contributed by atoms with Crippen molar-refractivity contribution < 1.29 is 34.8 Å². The zero-order valence-corrected chi connectivity index (χ0v) is 22.5. The van der Waals surface area contributed by atoms with Crippen LogP contribution in [-0.4, -0.2) is 82.5 Å². The van der Waals surface area contributed by atoms with Crippen LogP contribution in [0.3, 0.4) is 0 Å². The third kappa shape index (κ3) is 7.52. The maximum absolute atomic E-state index is 12.8. The molecule has 0 aromatic heterocycles. The molecule has 168 valence electrons. The Bertz CT molecular complexity index is 760. The summed E-state index contributed by atoms with van der Waals surface area (Å²) >= 11 is 11.1. The molecule has 1 aromatic carbocycles. The summed E-state index contributed by atoms with van der Waals surface area (Å²) in [7, 11) is 0. The van der Waals surface area contributed by atoms with Gasteiger partial charge < -0.3 is 36.4 Å². The topological polar surface area (TPSA) is 171 Å². The van der Waals surface area contributed by atoms with E-state index < -0.39 is 36.5 Å². The van der Waals surface area contributed by atoms with Gasteiger partial charge in [-0.05, 0) is 67.8 Å². The highest BCUT2D eigenvalue weighted by Gasteiger charge is 2.29. The van der Waals surface area contributed by atoms with Crippen LogP contribution in [0.4, 0.5) is 5.69 Å². The summed E-state index contributed by atoms with van der Waals surface area (Å²) in [6.45, 7) is -1.20. The van der Waals surface area contributed by atoms with Crippen LogP contribution in [-0.2, 0) is 4.79 Å². The van der Waals surface area contributed by atoms with Gasteiger partial charge in [0.15, 0.2) is 6.61 Å². The number of amides is 3. The van der Waals surface area contributed by atoms with Crippen LogP contribution in [0.5, 0.6) is 0 Å². The van der Waals surface area contributed by atoms with Gasteiger partial charge in [-0.3, -0.25) is 14.4 Å². The quantitative estimate of drug-likeness (QED) is 0.107. The molecule has 2 unspecified atom stereocenters. The van der Waals surface area contributed by atoms with E-state index in [-0.39, 0.29) is 42.4 Å². The van der Waals surface area contributed by atoms with Gasteiger partial charge in [0.05, 0.1) is 43.2 Å². The van der Waals surface area contributed by atoms with Gasteiger partial charge in [-0.25, -0.2) is 0 Å². The van der Waals surface area contributed by atoms with E-state index in [0.717, 1.165) is 0 Å². The van der Waals surface area contributed by atoms with Crippen LogP contribution in [0, 0.1) is 10.7 Å². The minimum Gasteiger partial charge on any atom is -0.443 e. The lowest BCUT2D eigenvalue weighted by Crippen LogP contribution is -2.37. The van der Waals surface area contributed by atoms with Gasteiger partial charge in [-0.15, -0.1) is 11.6 Å². The van der Waals surface area contributed by atoms with Gasteiger partial charge >= 0.3 is 0 Å². The first-order valence-electron chi connectivity index (χ1n) is 8.33. The number of aliphatic hydroxyl groups excluding tert-OH is 3. The Labute approximate surface area is 217 Å². The maximum Gasteiger partial charge on any atom is 0.253 e. The number of rotatable bonds is 10. The van der Waals surface area contributed by atoms with Gasteiger partial charge in [-0.1, -0.05) is 0 Å². The highest BCUT2D eigenvalue weighted by Crippen LogP contribution is 2.35. The van der Waals surface area contributed by atoms with Gasteiger partial charge in [0.25, 0.3) is 11.8 Å². The van der Waals surface area contributed by atoms with Crippen LogP contribution in [0.15, 0.2) is 0 Å². The molecule has 1 aromatic rings. The summed E-state index contributed by atoms with van der Waals surface area (Å²) in [4.78, 5) is 37.4. The SMILES string of the molecule is O=C(CCl)Nc1c(I)c(C(=O)NCC(O)CO)c(I)c(C(=O)NCC(O)C[OH2+])c1I. The number of hydrogen-bond acceptors (Lipinski definition) is 6. The zero-order valence-electron chi connectivity index (χ0n) is 15.3. The summed E-state index contributed by atoms with van der Waals surface area (Å²) < 4.78 is 1.02. The minimum absolute atomic E-state index is 0.0952. The van der Waals surface area contributed by atoms with Gasteiger partial charge in [0.2, 0.25) is 5.91 Å². The molecule has 0 aliphatic rings. The maximum atomic E-state index is 12.8. The Kier molecular flexibility index (Phi) is 12.6. The molecule has 0 aliphatic heterocycles. The molecule has 0 radical (unpaired) electrons. The van der Waals surface area contributed by atoms with Gasteiger partial charge in [0.1, 0.15) is 12.0 Å². The highest BCUT2D eigenvalue weighted by atomic mass is 127. The van der Waals surface area contributed by atoms with Crippen LogP contribution < -0.4 is 16.0 Å². The van der Waals surface area contributed by atoms with Crippen molar-refractivity contribution in [2.75, 3.05) is 37.5 Å². The molecule has 0 aliphatic carbocycles. The average molecular weight is 783 g/mol. The number of hydrogen-bond donors (Lipinski definition) is 6. The van der Waals surface area contributed by atoms with Crippen molar-refractivity contribution in [1.82, 2.24) is 10.6 Å². The Morgan fingerprint density at radius 3 is 1.80 bits per heavy atom. The fourth-order valence-electron chi connectivity index (χ4n) is 2.08. The van der Waals surface area contributed by atoms with E-state index in [0.29, 0.717) is 10.7 Å². The second-order valence-electron chi connectivity index (χ2n) is 5.86. The average Bonchev–Trinajstić information content (AvgIpc) is 2.72. The lowest BCUT2D eigenvalue weighted by atomic mass is 10.1. The van der Waals surface area contributed by atoms with E-state index in [1.807, 2.05) is 67.8 Å². The smallest absolute Gasteiger partial charge is 0.253 e. The number of anilines is 1. The molecule has 2 atom stereocenters. The molecular formula is C16H20ClI3N3O7+. The second kappa shape index (κ2) is 13.5. The fraction of sp³-hybridized carbons (Fsp3) is 0.438. The van der Waals surface area contributed by atoms with E-state index in [2.05, 4.69) is 16.0 Å². The van der Waals surface area contributed by atoms with Crippen LogP contribution in [0.1, 0.15) is 20.7 Å². The van der Waals surface area contributed by atoms with E-state index >= 15 is 0 Å². The molecule has 0 spiro atoms. The monoisotopic (exact) mass is 782 g/mol. The first-order valence-corrected chi connectivity index (χ1v) is 12.1. The molecule has 3 amide bonds. The standard InChI is InChI=1S/C16H19ClI3N3O7/c17-1-8(28)23-14-12(19)9(15(29)21-2-6(26)4-24)11(18)10(13(14)20)16(30)22-3-7(27)5-25/h6-7,24-27H,1-5H2,(H,21,29)(H,22,30)(H,23,28)/p+1. The number of carbonyl (C=O) groups excluding carboxylic acids is 3. The van der Waals surface area contributed by atoms with Crippen molar-refractivity contribution in [3.8, 4) is 0 Å². The third-order valence-corrected chi connectivity index (χ3v) is 7.08.